The molecule has 3 N–H and O–H groups in total. The third-order valence-electron chi connectivity index (χ3n) is 2.89. The van der Waals surface area contributed by atoms with Gasteiger partial charge in [0, 0.05) is 11.5 Å². The molecule has 1 aromatic carbocycles. The summed E-state index contributed by atoms with van der Waals surface area (Å²) in [5.74, 6) is -1.01. The molecule has 2 rings (SSSR count). The maximum Gasteiger partial charge on any atom is 0.276 e. The van der Waals surface area contributed by atoms with Crippen LogP contribution in [0.15, 0.2) is 22.7 Å². The summed E-state index contributed by atoms with van der Waals surface area (Å²) in [6.45, 7) is 1.90. The molecule has 0 aliphatic carbocycles. The summed E-state index contributed by atoms with van der Waals surface area (Å²) in [5.41, 5.74) is 7.18. The van der Waals surface area contributed by atoms with Gasteiger partial charge in [-0.05, 0) is 24.6 Å². The monoisotopic (exact) mass is 340 g/mol. The average Bonchev–Trinajstić information content (AvgIpc) is 2.67. The van der Waals surface area contributed by atoms with Crippen LogP contribution in [0.3, 0.4) is 0 Å². The quantitative estimate of drug-likeness (QED) is 0.902. The molecule has 0 fully saturated rings. The molecule has 1 amide bonds. The van der Waals surface area contributed by atoms with Gasteiger partial charge in [0.25, 0.3) is 5.91 Å². The van der Waals surface area contributed by atoms with E-state index in [-0.39, 0.29) is 11.4 Å². The van der Waals surface area contributed by atoms with Crippen LogP contribution in [0.4, 0.5) is 15.8 Å². The first-order chi connectivity index (χ1) is 9.43. The van der Waals surface area contributed by atoms with Crippen molar-refractivity contribution in [1.82, 2.24) is 9.78 Å². The Labute approximate surface area is 124 Å². The molecule has 0 saturated heterocycles. The molecule has 106 valence electrons. The summed E-state index contributed by atoms with van der Waals surface area (Å²) in [6.07, 6.45) is 0.625. The number of benzene rings is 1. The van der Waals surface area contributed by atoms with Crippen LogP contribution in [-0.4, -0.2) is 15.7 Å². The summed E-state index contributed by atoms with van der Waals surface area (Å²) in [6, 6.07) is 4.40. The molecular weight excluding hydrogens is 327 g/mol. The van der Waals surface area contributed by atoms with E-state index in [0.29, 0.717) is 22.3 Å². The van der Waals surface area contributed by atoms with Crippen molar-refractivity contribution >= 4 is 33.2 Å². The SMILES string of the molecule is CCc1nn(C)c(C(=O)Nc2ccc(Br)cc2F)c1N. The second kappa shape index (κ2) is 5.62. The maximum absolute atomic E-state index is 13.7. The largest absolute Gasteiger partial charge is 0.395 e. The van der Waals surface area contributed by atoms with Gasteiger partial charge in [-0.3, -0.25) is 9.48 Å². The fourth-order valence-corrected chi connectivity index (χ4v) is 2.23. The zero-order valence-electron chi connectivity index (χ0n) is 11.1. The minimum atomic E-state index is -0.524. The lowest BCUT2D eigenvalue weighted by molar-refractivity contribution is 0.101. The normalized spacial score (nSPS) is 10.6. The maximum atomic E-state index is 13.7. The van der Waals surface area contributed by atoms with Crippen LogP contribution in [0.2, 0.25) is 0 Å². The molecule has 5 nitrogen and oxygen atoms in total. The number of nitrogen functional groups attached to an aromatic ring is 1. The van der Waals surface area contributed by atoms with Crippen molar-refractivity contribution in [1.29, 1.82) is 0 Å². The van der Waals surface area contributed by atoms with Crippen LogP contribution in [0, 0.1) is 5.82 Å². The summed E-state index contributed by atoms with van der Waals surface area (Å²) >= 11 is 3.16. The number of nitrogens with one attached hydrogen (secondary N) is 1. The Hall–Kier alpha value is -1.89. The van der Waals surface area contributed by atoms with Gasteiger partial charge >= 0.3 is 0 Å². The molecule has 0 unspecified atom stereocenters. The predicted molar refractivity (Wildman–Crippen MR) is 79.1 cm³/mol. The highest BCUT2D eigenvalue weighted by atomic mass is 79.9. The third-order valence-corrected chi connectivity index (χ3v) is 3.38. The van der Waals surface area contributed by atoms with Crippen LogP contribution in [0.1, 0.15) is 23.1 Å². The second-order valence-electron chi connectivity index (χ2n) is 4.26. The highest BCUT2D eigenvalue weighted by Gasteiger charge is 2.20. The van der Waals surface area contributed by atoms with E-state index >= 15 is 0 Å². The molecule has 1 heterocycles. The number of carbonyl (C=O) groups excluding carboxylic acids is 1. The van der Waals surface area contributed by atoms with Crippen molar-refractivity contribution < 1.29 is 9.18 Å². The number of nitrogens with two attached hydrogens (primary N) is 1. The molecule has 2 aromatic rings. The van der Waals surface area contributed by atoms with E-state index < -0.39 is 11.7 Å². The van der Waals surface area contributed by atoms with Gasteiger partial charge in [0.15, 0.2) is 0 Å². The van der Waals surface area contributed by atoms with Gasteiger partial charge in [-0.15, -0.1) is 0 Å². The van der Waals surface area contributed by atoms with Gasteiger partial charge in [-0.1, -0.05) is 22.9 Å². The van der Waals surface area contributed by atoms with E-state index in [1.165, 1.54) is 16.8 Å². The van der Waals surface area contributed by atoms with Crippen LogP contribution >= 0.6 is 15.9 Å². The molecule has 0 atom stereocenters. The van der Waals surface area contributed by atoms with Gasteiger partial charge in [0.1, 0.15) is 11.5 Å². The van der Waals surface area contributed by atoms with Crippen molar-refractivity contribution in [2.24, 2.45) is 7.05 Å². The van der Waals surface area contributed by atoms with Crippen LogP contribution in [-0.2, 0) is 13.5 Å². The number of aryl methyl sites for hydroxylation is 2. The molecule has 0 aliphatic heterocycles. The van der Waals surface area contributed by atoms with Gasteiger partial charge < -0.3 is 11.1 Å². The lowest BCUT2D eigenvalue weighted by atomic mass is 10.2. The molecule has 20 heavy (non-hydrogen) atoms. The van der Waals surface area contributed by atoms with Crippen molar-refractivity contribution in [3.8, 4) is 0 Å². The first-order valence-corrected chi connectivity index (χ1v) is 6.81. The molecular formula is C13H14BrFN4O. The van der Waals surface area contributed by atoms with Crippen molar-refractivity contribution in [2.75, 3.05) is 11.1 Å². The third kappa shape index (κ3) is 2.67. The summed E-state index contributed by atoms with van der Waals surface area (Å²) in [4.78, 5) is 12.2. The van der Waals surface area contributed by atoms with Gasteiger partial charge in [-0.25, -0.2) is 4.39 Å². The van der Waals surface area contributed by atoms with E-state index in [0.717, 1.165) is 0 Å². The number of hydrogen-bond donors (Lipinski definition) is 2. The van der Waals surface area contributed by atoms with Crippen LogP contribution < -0.4 is 11.1 Å². The van der Waals surface area contributed by atoms with E-state index in [2.05, 4.69) is 26.3 Å². The number of hydrogen-bond acceptors (Lipinski definition) is 3. The smallest absolute Gasteiger partial charge is 0.276 e. The first-order valence-electron chi connectivity index (χ1n) is 6.01. The number of amides is 1. The van der Waals surface area contributed by atoms with E-state index in [9.17, 15) is 9.18 Å². The summed E-state index contributed by atoms with van der Waals surface area (Å²) < 4.78 is 15.7. The molecule has 0 radical (unpaired) electrons. The van der Waals surface area contributed by atoms with Crippen LogP contribution in [0.25, 0.3) is 0 Å². The number of aromatic nitrogens is 2. The molecule has 0 bridgehead atoms. The zero-order chi connectivity index (χ0) is 14.9. The van der Waals surface area contributed by atoms with E-state index in [1.54, 1.807) is 13.1 Å². The Morgan fingerprint density at radius 3 is 2.80 bits per heavy atom. The number of halogens is 2. The van der Waals surface area contributed by atoms with Gasteiger partial charge in [0.05, 0.1) is 17.1 Å². The topological polar surface area (TPSA) is 72.9 Å². The Kier molecular flexibility index (Phi) is 4.08. The highest BCUT2D eigenvalue weighted by molar-refractivity contribution is 9.10. The van der Waals surface area contributed by atoms with E-state index in [1.807, 2.05) is 6.92 Å². The standard InChI is InChI=1S/C13H14BrFN4O/c1-3-9-11(16)12(19(2)18-9)13(20)17-10-5-4-7(14)6-8(10)15/h4-6H,3,16H2,1-2H3,(H,17,20). The summed E-state index contributed by atoms with van der Waals surface area (Å²) in [7, 11) is 1.63. The number of anilines is 2. The zero-order valence-corrected chi connectivity index (χ0v) is 12.7. The van der Waals surface area contributed by atoms with Crippen molar-refractivity contribution in [3.63, 3.8) is 0 Å². The molecule has 7 heteroatoms. The Bertz CT molecular complexity index is 669. The predicted octanol–water partition coefficient (Wildman–Crippen LogP) is 2.72. The average molecular weight is 341 g/mol. The Morgan fingerprint density at radius 1 is 1.55 bits per heavy atom. The van der Waals surface area contributed by atoms with Crippen LogP contribution in [0.5, 0.6) is 0 Å². The minimum Gasteiger partial charge on any atom is -0.395 e. The summed E-state index contributed by atoms with van der Waals surface area (Å²) in [5, 5.41) is 6.65. The number of rotatable bonds is 3. The van der Waals surface area contributed by atoms with Gasteiger partial charge in [0.2, 0.25) is 0 Å². The van der Waals surface area contributed by atoms with Crippen molar-refractivity contribution in [2.45, 2.75) is 13.3 Å². The Balaban J connectivity index is 2.31. The second-order valence-corrected chi connectivity index (χ2v) is 5.18. The van der Waals surface area contributed by atoms with Gasteiger partial charge in [-0.2, -0.15) is 5.10 Å². The van der Waals surface area contributed by atoms with Crippen molar-refractivity contribution in [3.05, 3.63) is 39.9 Å². The van der Waals surface area contributed by atoms with E-state index in [4.69, 9.17) is 5.73 Å². The number of carbonyl (C=O) groups is 1. The lowest BCUT2D eigenvalue weighted by Gasteiger charge is -2.07. The fraction of sp³-hybridized carbons (Fsp3) is 0.231. The fourth-order valence-electron chi connectivity index (χ4n) is 1.90. The number of nitrogens with zero attached hydrogens (tertiary/aromatic N) is 2. The Morgan fingerprint density at radius 2 is 2.25 bits per heavy atom. The minimum absolute atomic E-state index is 0.0943. The molecule has 0 saturated carbocycles. The molecule has 0 spiro atoms. The first kappa shape index (κ1) is 14.5. The lowest BCUT2D eigenvalue weighted by Crippen LogP contribution is -2.18. The molecule has 0 aliphatic rings. The molecule has 1 aromatic heterocycles. The highest BCUT2D eigenvalue weighted by Crippen LogP contribution is 2.22.